The van der Waals surface area contributed by atoms with Gasteiger partial charge in [-0.3, -0.25) is 0 Å². The Bertz CT molecular complexity index is 839. The number of hydrogen-bond acceptors (Lipinski definition) is 4. The Morgan fingerprint density at radius 1 is 1.12 bits per heavy atom. The van der Waals surface area contributed by atoms with Gasteiger partial charge in [0.25, 0.3) is 0 Å². The highest BCUT2D eigenvalue weighted by Crippen LogP contribution is 2.26. The summed E-state index contributed by atoms with van der Waals surface area (Å²) in [5.41, 5.74) is 4.40. The SMILES string of the molecule is CCc1ccc(CNc2ccc3c(nnn3CC(C)(C)C)c2C)o1. The van der Waals surface area contributed by atoms with Crippen LogP contribution in [0.2, 0.25) is 0 Å². The van der Waals surface area contributed by atoms with Crippen molar-refractivity contribution < 1.29 is 4.42 Å². The topological polar surface area (TPSA) is 55.9 Å². The van der Waals surface area contributed by atoms with Crippen molar-refractivity contribution in [1.29, 1.82) is 0 Å². The maximum atomic E-state index is 5.75. The van der Waals surface area contributed by atoms with Gasteiger partial charge in [-0.25, -0.2) is 4.68 Å². The van der Waals surface area contributed by atoms with Crippen molar-refractivity contribution in [1.82, 2.24) is 15.0 Å². The van der Waals surface area contributed by atoms with Gasteiger partial charge in [-0.05, 0) is 36.6 Å². The molecule has 0 amide bonds. The van der Waals surface area contributed by atoms with Crippen molar-refractivity contribution in [2.24, 2.45) is 5.41 Å². The van der Waals surface area contributed by atoms with Crippen LogP contribution in [0.4, 0.5) is 5.69 Å². The Morgan fingerprint density at radius 2 is 1.88 bits per heavy atom. The minimum atomic E-state index is 0.168. The van der Waals surface area contributed by atoms with Crippen molar-refractivity contribution >= 4 is 16.7 Å². The molecule has 0 aliphatic carbocycles. The fourth-order valence-corrected chi connectivity index (χ4v) is 2.81. The zero-order valence-corrected chi connectivity index (χ0v) is 15.2. The molecular weight excluding hydrogens is 300 g/mol. The Labute approximate surface area is 143 Å². The minimum Gasteiger partial charge on any atom is -0.464 e. The Kier molecular flexibility index (Phi) is 4.35. The summed E-state index contributed by atoms with van der Waals surface area (Å²) in [4.78, 5) is 0. The third-order valence-corrected chi connectivity index (χ3v) is 4.08. The lowest BCUT2D eigenvalue weighted by molar-refractivity contribution is 0.327. The second-order valence-corrected chi connectivity index (χ2v) is 7.49. The fraction of sp³-hybridized carbons (Fsp3) is 0.474. The second-order valence-electron chi connectivity index (χ2n) is 7.49. The van der Waals surface area contributed by atoms with E-state index in [0.29, 0.717) is 6.54 Å². The molecule has 0 aliphatic heterocycles. The summed E-state index contributed by atoms with van der Waals surface area (Å²) in [6, 6.07) is 8.25. The number of fused-ring (bicyclic) bond motifs is 1. The zero-order valence-electron chi connectivity index (χ0n) is 15.2. The molecule has 0 radical (unpaired) electrons. The molecule has 3 rings (SSSR count). The summed E-state index contributed by atoms with van der Waals surface area (Å²) in [5, 5.41) is 12.2. The first-order valence-electron chi connectivity index (χ1n) is 8.51. The van der Waals surface area contributed by atoms with Gasteiger partial charge in [-0.2, -0.15) is 0 Å². The summed E-state index contributed by atoms with van der Waals surface area (Å²) >= 11 is 0. The summed E-state index contributed by atoms with van der Waals surface area (Å²) < 4.78 is 7.74. The maximum absolute atomic E-state index is 5.75. The highest BCUT2D eigenvalue weighted by Gasteiger charge is 2.16. The first kappa shape index (κ1) is 16.6. The van der Waals surface area contributed by atoms with E-state index in [1.807, 2.05) is 16.8 Å². The summed E-state index contributed by atoms with van der Waals surface area (Å²) in [6.07, 6.45) is 0.919. The maximum Gasteiger partial charge on any atom is 0.123 e. The van der Waals surface area contributed by atoms with Crippen LogP contribution in [0.3, 0.4) is 0 Å². The highest BCUT2D eigenvalue weighted by atomic mass is 16.3. The molecule has 5 heteroatoms. The second kappa shape index (κ2) is 6.30. The normalized spacial score (nSPS) is 12.0. The largest absolute Gasteiger partial charge is 0.464 e. The van der Waals surface area contributed by atoms with Crippen molar-refractivity contribution in [2.45, 2.75) is 54.1 Å². The molecule has 0 bridgehead atoms. The van der Waals surface area contributed by atoms with Crippen molar-refractivity contribution in [3.63, 3.8) is 0 Å². The molecule has 1 N–H and O–H groups in total. The molecular formula is C19H26N4O. The molecule has 2 heterocycles. The number of aromatic nitrogens is 3. The first-order valence-corrected chi connectivity index (χ1v) is 8.51. The lowest BCUT2D eigenvalue weighted by Gasteiger charge is -2.18. The van der Waals surface area contributed by atoms with E-state index < -0.39 is 0 Å². The van der Waals surface area contributed by atoms with E-state index in [1.54, 1.807) is 0 Å². The van der Waals surface area contributed by atoms with E-state index in [0.717, 1.165) is 46.8 Å². The average molecular weight is 326 g/mol. The minimum absolute atomic E-state index is 0.168. The molecule has 2 aromatic heterocycles. The van der Waals surface area contributed by atoms with E-state index in [2.05, 4.69) is 62.4 Å². The quantitative estimate of drug-likeness (QED) is 0.747. The van der Waals surface area contributed by atoms with Crippen LogP contribution in [-0.2, 0) is 19.5 Å². The molecule has 0 aliphatic rings. The molecule has 0 unspecified atom stereocenters. The number of nitrogens with zero attached hydrogens (tertiary/aromatic N) is 3. The number of nitrogens with one attached hydrogen (secondary N) is 1. The van der Waals surface area contributed by atoms with Crippen LogP contribution in [0.25, 0.3) is 11.0 Å². The average Bonchev–Trinajstić information content (AvgIpc) is 3.13. The van der Waals surface area contributed by atoms with Gasteiger partial charge in [0, 0.05) is 24.2 Å². The monoisotopic (exact) mass is 326 g/mol. The van der Waals surface area contributed by atoms with Gasteiger partial charge in [-0.1, -0.05) is 32.9 Å². The van der Waals surface area contributed by atoms with Crippen LogP contribution in [-0.4, -0.2) is 15.0 Å². The van der Waals surface area contributed by atoms with Crippen LogP contribution in [0.15, 0.2) is 28.7 Å². The Hall–Kier alpha value is -2.30. The molecule has 1 aromatic carbocycles. The fourth-order valence-electron chi connectivity index (χ4n) is 2.81. The van der Waals surface area contributed by atoms with E-state index in [-0.39, 0.29) is 5.41 Å². The lowest BCUT2D eigenvalue weighted by Crippen LogP contribution is -2.16. The number of aryl methyl sites for hydroxylation is 2. The third kappa shape index (κ3) is 3.45. The molecule has 24 heavy (non-hydrogen) atoms. The van der Waals surface area contributed by atoms with Gasteiger partial charge in [0.05, 0.1) is 12.1 Å². The third-order valence-electron chi connectivity index (χ3n) is 4.08. The highest BCUT2D eigenvalue weighted by molar-refractivity contribution is 5.83. The van der Waals surface area contributed by atoms with Gasteiger partial charge in [-0.15, -0.1) is 5.10 Å². The van der Waals surface area contributed by atoms with E-state index in [4.69, 9.17) is 4.42 Å². The number of anilines is 1. The van der Waals surface area contributed by atoms with Gasteiger partial charge in [0.15, 0.2) is 0 Å². The van der Waals surface area contributed by atoms with Crippen LogP contribution in [0, 0.1) is 12.3 Å². The summed E-state index contributed by atoms with van der Waals surface area (Å²) in [5.74, 6) is 1.96. The van der Waals surface area contributed by atoms with E-state index >= 15 is 0 Å². The van der Waals surface area contributed by atoms with E-state index in [1.165, 1.54) is 0 Å². The predicted octanol–water partition coefficient (Wildman–Crippen LogP) is 4.55. The molecule has 0 saturated heterocycles. The van der Waals surface area contributed by atoms with E-state index in [9.17, 15) is 0 Å². The Morgan fingerprint density at radius 3 is 2.54 bits per heavy atom. The summed E-state index contributed by atoms with van der Waals surface area (Å²) in [7, 11) is 0. The Balaban J connectivity index is 1.81. The van der Waals surface area contributed by atoms with Crippen LogP contribution in [0.5, 0.6) is 0 Å². The summed E-state index contributed by atoms with van der Waals surface area (Å²) in [6.45, 7) is 12.3. The van der Waals surface area contributed by atoms with Gasteiger partial charge in [0.1, 0.15) is 17.0 Å². The molecule has 3 aromatic rings. The number of rotatable bonds is 5. The first-order chi connectivity index (χ1) is 11.4. The predicted molar refractivity (Wildman–Crippen MR) is 97.1 cm³/mol. The molecule has 128 valence electrons. The standard InChI is InChI=1S/C19H26N4O/c1-6-14-7-8-15(24-14)11-20-16-9-10-17-18(13(16)2)21-22-23(17)12-19(3,4)5/h7-10,20H,6,11-12H2,1-5H3. The molecule has 0 atom stereocenters. The number of benzene rings is 1. The number of furan rings is 1. The van der Waals surface area contributed by atoms with Gasteiger partial charge < -0.3 is 9.73 Å². The molecule has 0 fully saturated rings. The van der Waals surface area contributed by atoms with Crippen molar-refractivity contribution in [2.75, 3.05) is 5.32 Å². The number of hydrogen-bond donors (Lipinski definition) is 1. The lowest BCUT2D eigenvalue weighted by atomic mass is 9.97. The molecule has 0 saturated carbocycles. The van der Waals surface area contributed by atoms with Crippen LogP contribution < -0.4 is 5.32 Å². The molecule has 0 spiro atoms. The van der Waals surface area contributed by atoms with Crippen LogP contribution >= 0.6 is 0 Å². The van der Waals surface area contributed by atoms with Gasteiger partial charge >= 0.3 is 0 Å². The molecule has 5 nitrogen and oxygen atoms in total. The van der Waals surface area contributed by atoms with Crippen molar-refractivity contribution in [3.8, 4) is 0 Å². The van der Waals surface area contributed by atoms with Crippen LogP contribution in [0.1, 0.15) is 44.8 Å². The van der Waals surface area contributed by atoms with Gasteiger partial charge in [0.2, 0.25) is 0 Å². The smallest absolute Gasteiger partial charge is 0.123 e. The van der Waals surface area contributed by atoms with Crippen molar-refractivity contribution in [3.05, 3.63) is 41.3 Å². The zero-order chi connectivity index (χ0) is 17.3.